The molecular weight excluding hydrogens is 306 g/mol. The van der Waals surface area contributed by atoms with Crippen molar-refractivity contribution in [3.63, 3.8) is 0 Å². The number of hydrogen-bond donors (Lipinski definition) is 2. The van der Waals surface area contributed by atoms with Gasteiger partial charge in [0.2, 0.25) is 0 Å². The monoisotopic (exact) mass is 331 g/mol. The van der Waals surface area contributed by atoms with Crippen molar-refractivity contribution in [2.75, 3.05) is 6.54 Å². The molecule has 2 aromatic rings. The van der Waals surface area contributed by atoms with Crippen LogP contribution in [0.4, 0.5) is 4.79 Å². The highest BCUT2D eigenvalue weighted by Gasteiger charge is 2.24. The van der Waals surface area contributed by atoms with Crippen molar-refractivity contribution in [2.24, 2.45) is 0 Å². The molecule has 1 atom stereocenters. The maximum atomic E-state index is 12.1. The normalized spacial score (nSPS) is 16.9. The van der Waals surface area contributed by atoms with Gasteiger partial charge in [0, 0.05) is 31.7 Å². The lowest BCUT2D eigenvalue weighted by Gasteiger charge is -2.23. The number of urea groups is 1. The molecule has 2 N–H and O–H groups in total. The van der Waals surface area contributed by atoms with E-state index in [2.05, 4.69) is 39.7 Å². The molecule has 1 aliphatic rings. The molecule has 0 bridgehead atoms. The Hall–Kier alpha value is -2.38. The van der Waals surface area contributed by atoms with Gasteiger partial charge in [0.1, 0.15) is 11.6 Å². The van der Waals surface area contributed by atoms with Gasteiger partial charge in [-0.3, -0.25) is 4.68 Å². The summed E-state index contributed by atoms with van der Waals surface area (Å²) in [6, 6.07) is 2.10. The number of carbonyl (C=O) groups excluding carboxylic acids is 1. The molecule has 1 unspecified atom stereocenters. The van der Waals surface area contributed by atoms with Crippen LogP contribution in [0.2, 0.25) is 0 Å². The lowest BCUT2D eigenvalue weighted by Crippen LogP contribution is -2.40. The van der Waals surface area contributed by atoms with Crippen molar-refractivity contribution < 1.29 is 4.79 Å². The van der Waals surface area contributed by atoms with Gasteiger partial charge in [-0.15, -0.1) is 0 Å². The van der Waals surface area contributed by atoms with Crippen LogP contribution in [0.15, 0.2) is 12.3 Å². The molecule has 0 radical (unpaired) electrons. The highest BCUT2D eigenvalue weighted by Crippen LogP contribution is 2.22. The molecule has 0 fully saturated rings. The Morgan fingerprint density at radius 2 is 2.25 bits per heavy atom. The van der Waals surface area contributed by atoms with Gasteiger partial charge in [-0.1, -0.05) is 0 Å². The van der Waals surface area contributed by atoms with Crippen LogP contribution >= 0.6 is 0 Å². The average molecular weight is 331 g/mol. The molecular formula is C16H25N7O. The molecule has 0 saturated carbocycles. The van der Waals surface area contributed by atoms with Crippen LogP contribution in [0.5, 0.6) is 0 Å². The number of nitrogens with zero attached hydrogens (tertiary/aromatic N) is 5. The Labute approximate surface area is 141 Å². The number of nitrogens with one attached hydrogen (secondary N) is 2. The van der Waals surface area contributed by atoms with E-state index in [1.54, 1.807) is 0 Å². The maximum Gasteiger partial charge on any atom is 0.315 e. The lowest BCUT2D eigenvalue weighted by atomic mass is 10.1. The number of hydrogen-bond acceptors (Lipinski definition) is 4. The number of aryl methyl sites for hydroxylation is 2. The minimum absolute atomic E-state index is 0.0694. The third kappa shape index (κ3) is 3.74. The fraction of sp³-hybridized carbons (Fsp3) is 0.625. The fourth-order valence-electron chi connectivity index (χ4n) is 2.92. The summed E-state index contributed by atoms with van der Waals surface area (Å²) in [5, 5.41) is 14.7. The number of aromatic nitrogens is 5. The van der Waals surface area contributed by atoms with E-state index in [0.29, 0.717) is 19.0 Å². The van der Waals surface area contributed by atoms with Crippen LogP contribution in [0.1, 0.15) is 56.1 Å². The highest BCUT2D eigenvalue weighted by molar-refractivity contribution is 5.74. The summed E-state index contributed by atoms with van der Waals surface area (Å²) < 4.78 is 3.81. The zero-order valence-corrected chi connectivity index (χ0v) is 14.5. The minimum atomic E-state index is -0.169. The number of rotatable bonds is 5. The number of amides is 2. The van der Waals surface area contributed by atoms with E-state index < -0.39 is 0 Å². The molecule has 24 heavy (non-hydrogen) atoms. The Balaban J connectivity index is 1.48. The Bertz CT molecular complexity index is 703. The van der Waals surface area contributed by atoms with Crippen molar-refractivity contribution in [3.8, 4) is 0 Å². The lowest BCUT2D eigenvalue weighted by molar-refractivity contribution is 0.233. The molecule has 2 aromatic heterocycles. The van der Waals surface area contributed by atoms with E-state index >= 15 is 0 Å². The van der Waals surface area contributed by atoms with E-state index in [9.17, 15) is 4.79 Å². The minimum Gasteiger partial charge on any atom is -0.338 e. The van der Waals surface area contributed by atoms with Gasteiger partial charge in [-0.25, -0.2) is 14.5 Å². The van der Waals surface area contributed by atoms with E-state index in [1.807, 2.05) is 28.6 Å². The molecule has 0 spiro atoms. The van der Waals surface area contributed by atoms with E-state index in [4.69, 9.17) is 0 Å². The van der Waals surface area contributed by atoms with Crippen molar-refractivity contribution in [1.82, 2.24) is 35.2 Å². The predicted molar refractivity (Wildman–Crippen MR) is 89.6 cm³/mol. The van der Waals surface area contributed by atoms with Gasteiger partial charge in [0.05, 0.1) is 11.7 Å². The second kappa shape index (κ2) is 7.02. The van der Waals surface area contributed by atoms with Crippen LogP contribution in [0.3, 0.4) is 0 Å². The smallest absolute Gasteiger partial charge is 0.315 e. The Morgan fingerprint density at radius 1 is 1.42 bits per heavy atom. The van der Waals surface area contributed by atoms with Gasteiger partial charge in [-0.2, -0.15) is 10.2 Å². The third-order valence-corrected chi connectivity index (χ3v) is 4.15. The largest absolute Gasteiger partial charge is 0.338 e. The summed E-state index contributed by atoms with van der Waals surface area (Å²) in [6.07, 6.45) is 4.57. The molecule has 3 heterocycles. The van der Waals surface area contributed by atoms with E-state index in [0.717, 1.165) is 36.7 Å². The first-order valence-corrected chi connectivity index (χ1v) is 8.52. The van der Waals surface area contributed by atoms with Crippen molar-refractivity contribution in [3.05, 3.63) is 29.6 Å². The van der Waals surface area contributed by atoms with E-state index in [-0.39, 0.29) is 12.1 Å². The predicted octanol–water partition coefficient (Wildman–Crippen LogP) is 1.74. The van der Waals surface area contributed by atoms with Crippen LogP contribution in [0.25, 0.3) is 0 Å². The molecule has 3 rings (SSSR count). The first kappa shape index (κ1) is 16.5. The van der Waals surface area contributed by atoms with Gasteiger partial charge in [-0.05, 0) is 39.7 Å². The second-order valence-corrected chi connectivity index (χ2v) is 6.47. The number of fused-ring (bicyclic) bond motifs is 1. The van der Waals surface area contributed by atoms with Crippen molar-refractivity contribution in [1.29, 1.82) is 0 Å². The zero-order chi connectivity index (χ0) is 17.1. The van der Waals surface area contributed by atoms with Crippen molar-refractivity contribution >= 4 is 6.03 Å². The van der Waals surface area contributed by atoms with Gasteiger partial charge >= 0.3 is 6.03 Å². The number of carbonyl (C=O) groups is 1. The van der Waals surface area contributed by atoms with Crippen molar-refractivity contribution in [2.45, 2.75) is 58.7 Å². The fourth-order valence-corrected chi connectivity index (χ4v) is 2.92. The average Bonchev–Trinajstić information content (AvgIpc) is 3.13. The summed E-state index contributed by atoms with van der Waals surface area (Å²) in [5.41, 5.74) is 0.983. The molecule has 1 aliphatic heterocycles. The summed E-state index contributed by atoms with van der Waals surface area (Å²) in [5.74, 6) is 1.60. The molecule has 8 nitrogen and oxygen atoms in total. The van der Waals surface area contributed by atoms with Gasteiger partial charge in [0.25, 0.3) is 0 Å². The Morgan fingerprint density at radius 3 is 3.00 bits per heavy atom. The first-order valence-electron chi connectivity index (χ1n) is 8.52. The summed E-state index contributed by atoms with van der Waals surface area (Å²) in [7, 11) is 0. The SMILES string of the molecule is Cc1nc2n(n1)CCCC2NC(=O)NCCc1ccn(C(C)C)n1. The first-order chi connectivity index (χ1) is 11.5. The molecule has 0 aromatic carbocycles. The topological polar surface area (TPSA) is 89.7 Å². The third-order valence-electron chi connectivity index (χ3n) is 4.15. The van der Waals surface area contributed by atoms with E-state index in [1.165, 1.54) is 0 Å². The molecule has 130 valence electrons. The summed E-state index contributed by atoms with van der Waals surface area (Å²) in [4.78, 5) is 16.6. The standard InChI is InChI=1S/C16H25N7O/c1-11(2)22-10-7-13(21-22)6-8-17-16(24)19-14-5-4-9-23-15(14)18-12(3)20-23/h7,10-11,14H,4-6,8-9H2,1-3H3,(H2,17,19,24). The highest BCUT2D eigenvalue weighted by atomic mass is 16.2. The van der Waals surface area contributed by atoms with Crippen LogP contribution in [0, 0.1) is 6.92 Å². The van der Waals surface area contributed by atoms with Gasteiger partial charge < -0.3 is 10.6 Å². The van der Waals surface area contributed by atoms with Crippen LogP contribution in [-0.2, 0) is 13.0 Å². The molecule has 2 amide bonds. The zero-order valence-electron chi connectivity index (χ0n) is 14.5. The molecule has 8 heteroatoms. The van der Waals surface area contributed by atoms with Crippen LogP contribution < -0.4 is 10.6 Å². The molecule has 0 aliphatic carbocycles. The summed E-state index contributed by atoms with van der Waals surface area (Å²) >= 11 is 0. The van der Waals surface area contributed by atoms with Crippen LogP contribution in [-0.4, -0.2) is 37.1 Å². The second-order valence-electron chi connectivity index (χ2n) is 6.47. The summed E-state index contributed by atoms with van der Waals surface area (Å²) in [6.45, 7) is 7.48. The maximum absolute atomic E-state index is 12.1. The molecule has 0 saturated heterocycles. The van der Waals surface area contributed by atoms with Gasteiger partial charge in [0.15, 0.2) is 0 Å². The Kier molecular flexibility index (Phi) is 4.82. The quantitative estimate of drug-likeness (QED) is 0.873.